The lowest BCUT2D eigenvalue weighted by Gasteiger charge is -2.31. The van der Waals surface area contributed by atoms with Gasteiger partial charge >= 0.3 is 0 Å². The lowest BCUT2D eigenvalue weighted by molar-refractivity contribution is -0.115. The highest BCUT2D eigenvalue weighted by atomic mass is 16.2. The van der Waals surface area contributed by atoms with Crippen molar-refractivity contribution in [2.75, 3.05) is 11.9 Å². The van der Waals surface area contributed by atoms with Crippen molar-refractivity contribution < 1.29 is 9.59 Å². The standard InChI is InChI=1S/C15H21N3O2/c1-3-15(4-2,9-16)18-14(20)11-6-5-10-8-13(19)17-12(10)7-11/h5-7H,3-4,8-9,16H2,1-2H3,(H,17,19)(H,18,20). The van der Waals surface area contributed by atoms with Crippen LogP contribution in [0.3, 0.4) is 0 Å². The molecule has 1 heterocycles. The van der Waals surface area contributed by atoms with Crippen LogP contribution in [0.15, 0.2) is 18.2 Å². The average molecular weight is 275 g/mol. The molecule has 0 unspecified atom stereocenters. The number of hydrogen-bond donors (Lipinski definition) is 3. The maximum Gasteiger partial charge on any atom is 0.251 e. The van der Waals surface area contributed by atoms with Gasteiger partial charge < -0.3 is 16.4 Å². The Hall–Kier alpha value is -1.88. The number of hydrogen-bond acceptors (Lipinski definition) is 3. The Labute approximate surface area is 118 Å². The predicted molar refractivity (Wildman–Crippen MR) is 78.6 cm³/mol. The molecule has 0 fully saturated rings. The van der Waals surface area contributed by atoms with Crippen LogP contribution in [0, 0.1) is 0 Å². The molecule has 0 atom stereocenters. The molecule has 0 aromatic heterocycles. The zero-order valence-corrected chi connectivity index (χ0v) is 12.0. The van der Waals surface area contributed by atoms with Crippen LogP contribution in [0.1, 0.15) is 42.6 Å². The summed E-state index contributed by atoms with van der Waals surface area (Å²) in [7, 11) is 0. The van der Waals surface area contributed by atoms with Crippen molar-refractivity contribution in [2.24, 2.45) is 5.73 Å². The highest BCUT2D eigenvalue weighted by Gasteiger charge is 2.27. The molecule has 1 aliphatic heterocycles. The lowest BCUT2D eigenvalue weighted by Crippen LogP contribution is -2.52. The van der Waals surface area contributed by atoms with Gasteiger partial charge in [0.05, 0.1) is 12.0 Å². The van der Waals surface area contributed by atoms with Crippen molar-refractivity contribution >= 4 is 17.5 Å². The summed E-state index contributed by atoms with van der Waals surface area (Å²) in [5, 5.41) is 5.78. The maximum atomic E-state index is 12.3. The van der Waals surface area contributed by atoms with Crippen molar-refractivity contribution in [2.45, 2.75) is 38.6 Å². The summed E-state index contributed by atoms with van der Waals surface area (Å²) >= 11 is 0. The summed E-state index contributed by atoms with van der Waals surface area (Å²) in [6, 6.07) is 5.30. The van der Waals surface area contributed by atoms with E-state index in [1.54, 1.807) is 12.1 Å². The van der Waals surface area contributed by atoms with Gasteiger partial charge in [0, 0.05) is 17.8 Å². The smallest absolute Gasteiger partial charge is 0.251 e. The average Bonchev–Trinajstić information content (AvgIpc) is 2.83. The van der Waals surface area contributed by atoms with E-state index in [4.69, 9.17) is 5.73 Å². The second kappa shape index (κ2) is 5.63. The molecule has 1 aliphatic rings. The molecule has 20 heavy (non-hydrogen) atoms. The van der Waals surface area contributed by atoms with Crippen LogP contribution in [-0.4, -0.2) is 23.9 Å². The quantitative estimate of drug-likeness (QED) is 0.760. The first-order chi connectivity index (χ1) is 9.53. The normalized spacial score (nSPS) is 13.8. The molecule has 0 aliphatic carbocycles. The Bertz CT molecular complexity index is 528. The molecule has 5 nitrogen and oxygen atoms in total. The molecule has 0 bridgehead atoms. The Morgan fingerprint density at radius 2 is 2.10 bits per heavy atom. The Morgan fingerprint density at radius 3 is 2.70 bits per heavy atom. The predicted octanol–water partition coefficient (Wildman–Crippen LogP) is 1.43. The number of nitrogens with two attached hydrogens (primary N) is 1. The van der Waals surface area contributed by atoms with E-state index in [0.29, 0.717) is 18.5 Å². The van der Waals surface area contributed by atoms with Gasteiger partial charge in [-0.15, -0.1) is 0 Å². The number of fused-ring (bicyclic) bond motifs is 1. The van der Waals surface area contributed by atoms with Gasteiger partial charge in [-0.05, 0) is 30.5 Å². The molecule has 2 rings (SSSR count). The van der Waals surface area contributed by atoms with E-state index in [0.717, 1.165) is 24.1 Å². The second-order valence-corrected chi connectivity index (χ2v) is 5.24. The van der Waals surface area contributed by atoms with Crippen LogP contribution in [0.5, 0.6) is 0 Å². The van der Waals surface area contributed by atoms with E-state index in [1.807, 2.05) is 19.9 Å². The van der Waals surface area contributed by atoms with Gasteiger partial charge in [-0.25, -0.2) is 0 Å². The summed E-state index contributed by atoms with van der Waals surface area (Å²) in [4.78, 5) is 23.7. The molecule has 0 radical (unpaired) electrons. The van der Waals surface area contributed by atoms with Crippen LogP contribution in [0.2, 0.25) is 0 Å². The molecule has 0 saturated carbocycles. The molecule has 5 heteroatoms. The maximum absolute atomic E-state index is 12.3. The van der Waals surface area contributed by atoms with Crippen molar-refractivity contribution in [3.63, 3.8) is 0 Å². The fraction of sp³-hybridized carbons (Fsp3) is 0.467. The van der Waals surface area contributed by atoms with Crippen molar-refractivity contribution in [3.8, 4) is 0 Å². The van der Waals surface area contributed by atoms with E-state index < -0.39 is 0 Å². The van der Waals surface area contributed by atoms with Crippen LogP contribution < -0.4 is 16.4 Å². The van der Waals surface area contributed by atoms with Crippen molar-refractivity contribution in [3.05, 3.63) is 29.3 Å². The molecular weight excluding hydrogens is 254 g/mol. The number of benzene rings is 1. The van der Waals surface area contributed by atoms with Crippen LogP contribution in [-0.2, 0) is 11.2 Å². The van der Waals surface area contributed by atoms with Crippen molar-refractivity contribution in [1.82, 2.24) is 5.32 Å². The highest BCUT2D eigenvalue weighted by molar-refractivity contribution is 6.02. The molecule has 0 spiro atoms. The second-order valence-electron chi connectivity index (χ2n) is 5.24. The lowest BCUT2D eigenvalue weighted by atomic mass is 9.92. The third kappa shape index (κ3) is 2.67. The summed E-state index contributed by atoms with van der Waals surface area (Å²) in [6.45, 7) is 4.44. The van der Waals surface area contributed by atoms with Gasteiger partial charge in [-0.2, -0.15) is 0 Å². The van der Waals surface area contributed by atoms with Gasteiger partial charge in [-0.3, -0.25) is 9.59 Å². The summed E-state index contributed by atoms with van der Waals surface area (Å²) in [5.74, 6) is -0.181. The summed E-state index contributed by atoms with van der Waals surface area (Å²) in [5.41, 5.74) is 7.64. The molecule has 1 aromatic rings. The number of carbonyl (C=O) groups excluding carboxylic acids is 2. The van der Waals surface area contributed by atoms with Gasteiger partial charge in [0.2, 0.25) is 5.91 Å². The fourth-order valence-corrected chi connectivity index (χ4v) is 2.44. The molecule has 4 N–H and O–H groups in total. The summed E-state index contributed by atoms with van der Waals surface area (Å²) < 4.78 is 0. The van der Waals surface area contributed by atoms with E-state index in [1.165, 1.54) is 0 Å². The van der Waals surface area contributed by atoms with Gasteiger partial charge in [0.25, 0.3) is 5.91 Å². The number of amides is 2. The molecule has 108 valence electrons. The highest BCUT2D eigenvalue weighted by Crippen LogP contribution is 2.24. The van der Waals surface area contributed by atoms with Crippen LogP contribution in [0.25, 0.3) is 0 Å². The minimum absolute atomic E-state index is 0.0315. The Morgan fingerprint density at radius 1 is 1.40 bits per heavy atom. The fourth-order valence-electron chi connectivity index (χ4n) is 2.44. The molecule has 2 amide bonds. The number of rotatable bonds is 5. The van der Waals surface area contributed by atoms with Gasteiger partial charge in [0.1, 0.15) is 0 Å². The van der Waals surface area contributed by atoms with E-state index >= 15 is 0 Å². The first-order valence-corrected chi connectivity index (χ1v) is 6.99. The SMILES string of the molecule is CCC(CC)(CN)NC(=O)c1ccc2c(c1)NC(=O)C2. The van der Waals surface area contributed by atoms with E-state index in [-0.39, 0.29) is 17.4 Å². The van der Waals surface area contributed by atoms with Crippen LogP contribution >= 0.6 is 0 Å². The van der Waals surface area contributed by atoms with E-state index in [9.17, 15) is 9.59 Å². The topological polar surface area (TPSA) is 84.2 Å². The van der Waals surface area contributed by atoms with Crippen LogP contribution in [0.4, 0.5) is 5.69 Å². The molecule has 1 aromatic carbocycles. The first-order valence-electron chi connectivity index (χ1n) is 6.99. The zero-order chi connectivity index (χ0) is 14.8. The minimum Gasteiger partial charge on any atom is -0.345 e. The third-order valence-corrected chi connectivity index (χ3v) is 4.12. The zero-order valence-electron chi connectivity index (χ0n) is 12.0. The first kappa shape index (κ1) is 14.5. The monoisotopic (exact) mass is 275 g/mol. The van der Waals surface area contributed by atoms with Gasteiger partial charge in [0.15, 0.2) is 0 Å². The largest absolute Gasteiger partial charge is 0.345 e. The van der Waals surface area contributed by atoms with Gasteiger partial charge in [-0.1, -0.05) is 19.9 Å². The number of anilines is 1. The third-order valence-electron chi connectivity index (χ3n) is 4.12. The molecular formula is C15H21N3O2. The minimum atomic E-state index is -0.362. The number of carbonyl (C=O) groups is 2. The van der Waals surface area contributed by atoms with Crippen molar-refractivity contribution in [1.29, 1.82) is 0 Å². The van der Waals surface area contributed by atoms with E-state index in [2.05, 4.69) is 10.6 Å². The Kier molecular flexibility index (Phi) is 4.09. The number of nitrogens with one attached hydrogen (secondary N) is 2. The molecule has 0 saturated heterocycles. The summed E-state index contributed by atoms with van der Waals surface area (Å²) in [6.07, 6.45) is 1.95. The Balaban J connectivity index is 2.18.